The molecule has 1 heterocycles. The van der Waals surface area contributed by atoms with Gasteiger partial charge in [-0.25, -0.2) is 4.39 Å². The molecule has 2 aromatic rings. The standard InChI is InChI=1S/C20H21FN2O4/c1-14(24)23-13-19(27-18-10-5-3-8-16(18)23)20(25)22-11-6-12-26-17-9-4-2-7-15(17)21/h2-5,7-10,19H,6,11-13H2,1H3,(H,22,25)/t19-/m1/s1. The van der Waals surface area contributed by atoms with Crippen LogP contribution in [0.25, 0.3) is 0 Å². The summed E-state index contributed by atoms with van der Waals surface area (Å²) in [6.45, 7) is 2.24. The van der Waals surface area contributed by atoms with Gasteiger partial charge in [0.2, 0.25) is 5.91 Å². The summed E-state index contributed by atoms with van der Waals surface area (Å²) in [5.74, 6) is -0.182. The SMILES string of the molecule is CC(=O)N1C[C@H](C(=O)NCCCOc2ccccc2F)Oc2ccccc21. The molecule has 0 bridgehead atoms. The molecule has 0 saturated carbocycles. The first kappa shape index (κ1) is 18.7. The highest BCUT2D eigenvalue weighted by Gasteiger charge is 2.32. The molecule has 27 heavy (non-hydrogen) atoms. The fourth-order valence-corrected chi connectivity index (χ4v) is 2.81. The first-order valence-corrected chi connectivity index (χ1v) is 8.75. The Morgan fingerprint density at radius 1 is 1.22 bits per heavy atom. The Morgan fingerprint density at radius 3 is 2.74 bits per heavy atom. The molecule has 0 aromatic heterocycles. The van der Waals surface area contributed by atoms with Crippen molar-refractivity contribution in [2.24, 2.45) is 0 Å². The third-order valence-electron chi connectivity index (χ3n) is 4.16. The van der Waals surface area contributed by atoms with Gasteiger partial charge in [-0.05, 0) is 30.7 Å². The largest absolute Gasteiger partial charge is 0.490 e. The summed E-state index contributed by atoms with van der Waals surface area (Å²) in [6, 6.07) is 13.3. The Bertz CT molecular complexity index is 827. The van der Waals surface area contributed by atoms with Gasteiger partial charge < -0.3 is 19.7 Å². The number of anilines is 1. The quantitative estimate of drug-likeness (QED) is 0.792. The van der Waals surface area contributed by atoms with Crippen LogP contribution in [0.4, 0.5) is 10.1 Å². The number of rotatable bonds is 6. The van der Waals surface area contributed by atoms with Crippen molar-refractivity contribution in [2.75, 3.05) is 24.6 Å². The van der Waals surface area contributed by atoms with Crippen LogP contribution in [0.2, 0.25) is 0 Å². The minimum Gasteiger partial charge on any atom is -0.490 e. The zero-order valence-electron chi connectivity index (χ0n) is 15.0. The van der Waals surface area contributed by atoms with Crippen LogP contribution in [-0.2, 0) is 9.59 Å². The van der Waals surface area contributed by atoms with Gasteiger partial charge in [-0.1, -0.05) is 24.3 Å². The van der Waals surface area contributed by atoms with E-state index in [4.69, 9.17) is 9.47 Å². The molecule has 1 aliphatic heterocycles. The number of hydrogen-bond acceptors (Lipinski definition) is 4. The van der Waals surface area contributed by atoms with Crippen molar-refractivity contribution in [3.8, 4) is 11.5 Å². The lowest BCUT2D eigenvalue weighted by Gasteiger charge is -2.33. The highest BCUT2D eigenvalue weighted by Crippen LogP contribution is 2.33. The molecule has 1 aliphatic rings. The van der Waals surface area contributed by atoms with Gasteiger partial charge in [-0.15, -0.1) is 0 Å². The van der Waals surface area contributed by atoms with E-state index in [2.05, 4.69) is 5.32 Å². The maximum Gasteiger partial charge on any atom is 0.262 e. The van der Waals surface area contributed by atoms with Crippen molar-refractivity contribution in [1.29, 1.82) is 0 Å². The molecule has 7 heteroatoms. The first-order valence-electron chi connectivity index (χ1n) is 8.75. The molecular formula is C20H21FN2O4. The van der Waals surface area contributed by atoms with Crippen LogP contribution < -0.4 is 19.7 Å². The third kappa shape index (κ3) is 4.55. The maximum absolute atomic E-state index is 13.4. The number of halogens is 1. The van der Waals surface area contributed by atoms with Crippen LogP contribution in [0.15, 0.2) is 48.5 Å². The molecule has 1 atom stereocenters. The summed E-state index contributed by atoms with van der Waals surface area (Å²) in [7, 11) is 0. The van der Waals surface area contributed by atoms with Gasteiger partial charge in [-0.2, -0.15) is 0 Å². The zero-order valence-corrected chi connectivity index (χ0v) is 15.0. The molecular weight excluding hydrogens is 351 g/mol. The summed E-state index contributed by atoms with van der Waals surface area (Å²) < 4.78 is 24.5. The number of nitrogens with zero attached hydrogens (tertiary/aromatic N) is 1. The van der Waals surface area contributed by atoms with Crippen LogP contribution in [0.5, 0.6) is 11.5 Å². The minimum absolute atomic E-state index is 0.151. The lowest BCUT2D eigenvalue weighted by molar-refractivity contribution is -0.128. The van der Waals surface area contributed by atoms with Gasteiger partial charge >= 0.3 is 0 Å². The minimum atomic E-state index is -0.781. The maximum atomic E-state index is 13.4. The van der Waals surface area contributed by atoms with Crippen LogP contribution in [0.3, 0.4) is 0 Å². The van der Waals surface area contributed by atoms with Gasteiger partial charge in [0.25, 0.3) is 5.91 Å². The van der Waals surface area contributed by atoms with Gasteiger partial charge in [0.1, 0.15) is 5.75 Å². The molecule has 0 spiro atoms. The zero-order chi connectivity index (χ0) is 19.2. The van der Waals surface area contributed by atoms with E-state index in [-0.39, 0.29) is 30.7 Å². The Kier molecular flexibility index (Phi) is 5.90. The Labute approximate surface area is 156 Å². The van der Waals surface area contributed by atoms with Crippen molar-refractivity contribution < 1.29 is 23.5 Å². The van der Waals surface area contributed by atoms with Gasteiger partial charge in [-0.3, -0.25) is 9.59 Å². The van der Waals surface area contributed by atoms with E-state index >= 15 is 0 Å². The number of para-hydroxylation sites is 3. The molecule has 2 amide bonds. The van der Waals surface area contributed by atoms with E-state index in [1.165, 1.54) is 17.9 Å². The number of carbonyl (C=O) groups excluding carboxylic acids is 2. The monoisotopic (exact) mass is 372 g/mol. The number of ether oxygens (including phenoxy) is 2. The molecule has 2 aromatic carbocycles. The van der Waals surface area contributed by atoms with Crippen LogP contribution in [-0.4, -0.2) is 37.6 Å². The number of carbonyl (C=O) groups is 2. The Balaban J connectivity index is 1.48. The second kappa shape index (κ2) is 8.53. The predicted molar refractivity (Wildman–Crippen MR) is 98.4 cm³/mol. The smallest absolute Gasteiger partial charge is 0.262 e. The van der Waals surface area contributed by atoms with E-state index in [1.807, 2.05) is 6.07 Å². The summed E-state index contributed by atoms with van der Waals surface area (Å²) in [5.41, 5.74) is 0.660. The topological polar surface area (TPSA) is 67.9 Å². The number of hydrogen-bond donors (Lipinski definition) is 1. The lowest BCUT2D eigenvalue weighted by Crippen LogP contribution is -2.50. The van der Waals surface area contributed by atoms with Crippen LogP contribution in [0, 0.1) is 5.82 Å². The van der Waals surface area contributed by atoms with Crippen LogP contribution >= 0.6 is 0 Å². The molecule has 0 aliphatic carbocycles. The van der Waals surface area contributed by atoms with Gasteiger partial charge in [0, 0.05) is 13.5 Å². The summed E-state index contributed by atoms with van der Waals surface area (Å²) >= 11 is 0. The molecule has 3 rings (SSSR count). The van der Waals surface area contributed by atoms with Crippen molar-refractivity contribution in [1.82, 2.24) is 5.32 Å². The number of benzene rings is 2. The molecule has 0 saturated heterocycles. The fraction of sp³-hybridized carbons (Fsp3) is 0.300. The summed E-state index contributed by atoms with van der Waals surface area (Å²) in [6.07, 6.45) is -0.268. The molecule has 0 unspecified atom stereocenters. The van der Waals surface area contributed by atoms with Gasteiger partial charge in [0.05, 0.1) is 18.8 Å². The molecule has 0 fully saturated rings. The number of amides is 2. The van der Waals surface area contributed by atoms with E-state index in [0.717, 1.165) is 0 Å². The van der Waals surface area contributed by atoms with E-state index in [0.29, 0.717) is 24.4 Å². The second-order valence-electron chi connectivity index (χ2n) is 6.13. The number of fused-ring (bicyclic) bond motifs is 1. The Morgan fingerprint density at radius 2 is 1.96 bits per heavy atom. The normalized spacial score (nSPS) is 15.5. The molecule has 6 nitrogen and oxygen atoms in total. The van der Waals surface area contributed by atoms with E-state index in [9.17, 15) is 14.0 Å². The third-order valence-corrected chi connectivity index (χ3v) is 4.16. The molecule has 1 N–H and O–H groups in total. The fourth-order valence-electron chi connectivity index (χ4n) is 2.81. The lowest BCUT2D eigenvalue weighted by atomic mass is 10.1. The van der Waals surface area contributed by atoms with Crippen molar-refractivity contribution >= 4 is 17.5 Å². The average Bonchev–Trinajstić information content (AvgIpc) is 2.67. The average molecular weight is 372 g/mol. The van der Waals surface area contributed by atoms with Crippen molar-refractivity contribution in [2.45, 2.75) is 19.4 Å². The Hall–Kier alpha value is -3.09. The molecule has 142 valence electrons. The van der Waals surface area contributed by atoms with Crippen molar-refractivity contribution in [3.63, 3.8) is 0 Å². The first-order chi connectivity index (χ1) is 13.1. The predicted octanol–water partition coefficient (Wildman–Crippen LogP) is 2.52. The highest BCUT2D eigenvalue weighted by molar-refractivity contribution is 5.95. The van der Waals surface area contributed by atoms with Gasteiger partial charge in [0.15, 0.2) is 17.7 Å². The van der Waals surface area contributed by atoms with Crippen molar-refractivity contribution in [3.05, 3.63) is 54.3 Å². The summed E-state index contributed by atoms with van der Waals surface area (Å²) in [5, 5.41) is 2.77. The summed E-state index contributed by atoms with van der Waals surface area (Å²) in [4.78, 5) is 25.8. The van der Waals surface area contributed by atoms with E-state index < -0.39 is 11.9 Å². The second-order valence-corrected chi connectivity index (χ2v) is 6.13. The van der Waals surface area contributed by atoms with Crippen LogP contribution in [0.1, 0.15) is 13.3 Å². The number of nitrogens with one attached hydrogen (secondary N) is 1. The highest BCUT2D eigenvalue weighted by atomic mass is 19.1. The molecule has 0 radical (unpaired) electrons. The van der Waals surface area contributed by atoms with E-state index in [1.54, 1.807) is 36.4 Å².